The van der Waals surface area contributed by atoms with Crippen LogP contribution in [0.15, 0.2) is 0 Å². The first-order chi connectivity index (χ1) is 6.62. The highest BCUT2D eigenvalue weighted by Crippen LogP contribution is 2.10. The van der Waals surface area contributed by atoms with Crippen LogP contribution in [0, 0.1) is 5.92 Å². The zero-order valence-corrected chi connectivity index (χ0v) is 10.3. The Hall–Kier alpha value is -0.0800. The van der Waals surface area contributed by atoms with Crippen molar-refractivity contribution in [1.29, 1.82) is 0 Å². The molecule has 14 heavy (non-hydrogen) atoms. The van der Waals surface area contributed by atoms with Gasteiger partial charge in [-0.15, -0.1) is 0 Å². The predicted molar refractivity (Wildman–Crippen MR) is 62.4 cm³/mol. The predicted octanol–water partition coefficient (Wildman–Crippen LogP) is 2.97. The topological polar surface area (TPSA) is 40.5 Å². The molecule has 0 aromatic heterocycles. The highest BCUT2D eigenvalue weighted by atomic mass is 16.3. The van der Waals surface area contributed by atoms with Gasteiger partial charge in [-0.25, -0.2) is 0 Å². The van der Waals surface area contributed by atoms with E-state index in [0.717, 1.165) is 12.8 Å². The Balaban J connectivity index is 0. The smallest absolute Gasteiger partial charge is 0.0509 e. The van der Waals surface area contributed by atoms with Crippen molar-refractivity contribution in [3.8, 4) is 0 Å². The third-order valence-corrected chi connectivity index (χ3v) is 2.39. The van der Waals surface area contributed by atoms with E-state index in [0.29, 0.717) is 12.5 Å². The molecule has 0 aromatic rings. The van der Waals surface area contributed by atoms with Crippen molar-refractivity contribution in [2.75, 3.05) is 6.61 Å². The van der Waals surface area contributed by atoms with Crippen molar-refractivity contribution >= 4 is 0 Å². The van der Waals surface area contributed by atoms with Crippen molar-refractivity contribution in [2.45, 2.75) is 65.9 Å². The van der Waals surface area contributed by atoms with Crippen LogP contribution in [0.3, 0.4) is 0 Å². The van der Waals surface area contributed by atoms with E-state index in [1.807, 2.05) is 6.92 Å². The first-order valence-corrected chi connectivity index (χ1v) is 5.91. The Morgan fingerprint density at radius 2 is 1.57 bits per heavy atom. The van der Waals surface area contributed by atoms with Crippen LogP contribution in [0.4, 0.5) is 0 Å². The van der Waals surface area contributed by atoms with Crippen molar-refractivity contribution in [3.05, 3.63) is 0 Å². The summed E-state index contributed by atoms with van der Waals surface area (Å²) in [7, 11) is 0. The lowest BCUT2D eigenvalue weighted by atomic mass is 10.0. The summed E-state index contributed by atoms with van der Waals surface area (Å²) in [6, 6.07) is 0. The van der Waals surface area contributed by atoms with Crippen LogP contribution in [0.25, 0.3) is 0 Å². The fourth-order valence-electron chi connectivity index (χ4n) is 0.917. The molecule has 2 nitrogen and oxygen atoms in total. The van der Waals surface area contributed by atoms with Crippen molar-refractivity contribution in [1.82, 2.24) is 0 Å². The van der Waals surface area contributed by atoms with Gasteiger partial charge >= 0.3 is 0 Å². The van der Waals surface area contributed by atoms with E-state index in [1.165, 1.54) is 19.3 Å². The molecule has 88 valence electrons. The van der Waals surface area contributed by atoms with Gasteiger partial charge in [0.1, 0.15) is 0 Å². The lowest BCUT2D eigenvalue weighted by Gasteiger charge is -2.08. The molecule has 0 aromatic carbocycles. The Morgan fingerprint density at radius 3 is 1.79 bits per heavy atom. The van der Waals surface area contributed by atoms with E-state index >= 15 is 0 Å². The molecule has 0 aliphatic carbocycles. The Kier molecular flexibility index (Phi) is 15.1. The molecule has 0 fully saturated rings. The summed E-state index contributed by atoms with van der Waals surface area (Å²) in [4.78, 5) is 0. The molecule has 0 heterocycles. The summed E-state index contributed by atoms with van der Waals surface area (Å²) in [5.41, 5.74) is 0. The molecule has 0 bridgehead atoms. The maximum atomic E-state index is 8.75. The number of hydrogen-bond donors (Lipinski definition) is 2. The summed E-state index contributed by atoms with van der Waals surface area (Å²) < 4.78 is 0. The molecular formula is C12H28O2. The Morgan fingerprint density at radius 1 is 1.07 bits per heavy atom. The average molecular weight is 204 g/mol. The zero-order valence-electron chi connectivity index (χ0n) is 10.3. The van der Waals surface area contributed by atoms with E-state index < -0.39 is 0 Å². The molecule has 0 amide bonds. The van der Waals surface area contributed by atoms with Crippen molar-refractivity contribution < 1.29 is 10.2 Å². The second-order valence-electron chi connectivity index (χ2n) is 3.86. The van der Waals surface area contributed by atoms with Crippen LogP contribution in [-0.4, -0.2) is 22.9 Å². The van der Waals surface area contributed by atoms with Gasteiger partial charge in [0.25, 0.3) is 0 Å². The van der Waals surface area contributed by atoms with Gasteiger partial charge in [-0.3, -0.25) is 0 Å². The second-order valence-corrected chi connectivity index (χ2v) is 3.86. The van der Waals surface area contributed by atoms with E-state index in [9.17, 15) is 0 Å². The van der Waals surface area contributed by atoms with Crippen molar-refractivity contribution in [3.63, 3.8) is 0 Å². The summed E-state index contributed by atoms with van der Waals surface area (Å²) in [5, 5.41) is 17.1. The Labute approximate surface area is 89.3 Å². The number of hydrogen-bond acceptors (Lipinski definition) is 2. The molecule has 2 atom stereocenters. The highest BCUT2D eigenvalue weighted by molar-refractivity contribution is 4.53. The number of aliphatic hydroxyl groups excluding tert-OH is 2. The third kappa shape index (κ3) is 14.4. The number of aliphatic hydroxyl groups is 2. The number of rotatable bonds is 6. The van der Waals surface area contributed by atoms with Crippen LogP contribution in [0.2, 0.25) is 0 Å². The van der Waals surface area contributed by atoms with Gasteiger partial charge in [-0.2, -0.15) is 0 Å². The van der Waals surface area contributed by atoms with Crippen LogP contribution < -0.4 is 0 Å². The van der Waals surface area contributed by atoms with Gasteiger partial charge in [-0.05, 0) is 25.7 Å². The molecule has 0 aliphatic rings. The first kappa shape index (κ1) is 16.4. The van der Waals surface area contributed by atoms with E-state index in [2.05, 4.69) is 13.8 Å². The quantitative estimate of drug-likeness (QED) is 0.698. The number of unbranched alkanes of at least 4 members (excludes halogenated alkanes) is 1. The van der Waals surface area contributed by atoms with Crippen LogP contribution >= 0.6 is 0 Å². The molecule has 2 N–H and O–H groups in total. The van der Waals surface area contributed by atoms with Gasteiger partial charge in [0, 0.05) is 6.61 Å². The van der Waals surface area contributed by atoms with Gasteiger partial charge in [-0.1, -0.05) is 40.0 Å². The SMILES string of the molecule is CCC(C)O.CCCCC(CC)CO. The van der Waals surface area contributed by atoms with Crippen LogP contribution in [0.5, 0.6) is 0 Å². The Bertz CT molecular complexity index is 88.3. The molecule has 0 spiro atoms. The molecule has 0 saturated heterocycles. The first-order valence-electron chi connectivity index (χ1n) is 5.91. The lowest BCUT2D eigenvalue weighted by molar-refractivity contribution is 0.191. The minimum atomic E-state index is -0.116. The summed E-state index contributed by atoms with van der Waals surface area (Å²) >= 11 is 0. The van der Waals surface area contributed by atoms with Crippen LogP contribution in [0.1, 0.15) is 59.8 Å². The monoisotopic (exact) mass is 204 g/mol. The minimum Gasteiger partial charge on any atom is -0.396 e. The molecule has 0 aliphatic heterocycles. The van der Waals surface area contributed by atoms with Gasteiger partial charge in [0.05, 0.1) is 6.10 Å². The second kappa shape index (κ2) is 12.9. The zero-order chi connectivity index (χ0) is 11.4. The maximum absolute atomic E-state index is 8.75. The van der Waals surface area contributed by atoms with E-state index in [1.54, 1.807) is 6.92 Å². The molecule has 2 heteroatoms. The third-order valence-electron chi connectivity index (χ3n) is 2.39. The highest BCUT2D eigenvalue weighted by Gasteiger charge is 2.01. The maximum Gasteiger partial charge on any atom is 0.0509 e. The van der Waals surface area contributed by atoms with Gasteiger partial charge in [0.15, 0.2) is 0 Å². The van der Waals surface area contributed by atoms with E-state index in [-0.39, 0.29) is 6.10 Å². The largest absolute Gasteiger partial charge is 0.396 e. The fraction of sp³-hybridized carbons (Fsp3) is 1.00. The molecule has 0 radical (unpaired) electrons. The molecule has 0 saturated carbocycles. The lowest BCUT2D eigenvalue weighted by Crippen LogP contribution is -2.03. The van der Waals surface area contributed by atoms with Gasteiger partial charge in [0.2, 0.25) is 0 Å². The normalized spacial score (nSPS) is 14.1. The van der Waals surface area contributed by atoms with Crippen molar-refractivity contribution in [2.24, 2.45) is 5.92 Å². The molecule has 0 rings (SSSR count). The summed E-state index contributed by atoms with van der Waals surface area (Å²) in [5.74, 6) is 0.560. The molecular weight excluding hydrogens is 176 g/mol. The van der Waals surface area contributed by atoms with E-state index in [4.69, 9.17) is 10.2 Å². The van der Waals surface area contributed by atoms with Gasteiger partial charge < -0.3 is 10.2 Å². The molecule has 2 unspecified atom stereocenters. The fourth-order valence-corrected chi connectivity index (χ4v) is 0.917. The standard InChI is InChI=1S/C8H18O.C4H10O/c1-3-5-6-8(4-2)7-9;1-3-4(2)5/h8-9H,3-7H2,1-2H3;4-5H,3H2,1-2H3. The summed E-state index contributed by atoms with van der Waals surface area (Å²) in [6.07, 6.45) is 5.57. The summed E-state index contributed by atoms with van der Waals surface area (Å²) in [6.45, 7) is 8.42. The van der Waals surface area contributed by atoms with Crippen LogP contribution in [-0.2, 0) is 0 Å². The average Bonchev–Trinajstić information content (AvgIpc) is 2.20. The minimum absolute atomic E-state index is 0.116.